The number of carbonyl (C=O) groups is 1. The van der Waals surface area contributed by atoms with Gasteiger partial charge in [0.25, 0.3) is 0 Å². The van der Waals surface area contributed by atoms with E-state index >= 15 is 0 Å². The zero-order chi connectivity index (χ0) is 18.5. The lowest BCUT2D eigenvalue weighted by Gasteiger charge is -2.02. The highest BCUT2D eigenvalue weighted by Gasteiger charge is 2.09. The number of aromatic nitrogens is 1. The second kappa shape index (κ2) is 7.38. The van der Waals surface area contributed by atoms with Crippen molar-refractivity contribution in [2.24, 2.45) is 5.73 Å². The van der Waals surface area contributed by atoms with E-state index in [1.165, 1.54) is 0 Å². The number of hydrogen-bond donors (Lipinski definition) is 1. The highest BCUT2D eigenvalue weighted by atomic mass is 16.1. The van der Waals surface area contributed by atoms with E-state index in [2.05, 4.69) is 12.1 Å². The third-order valence-corrected chi connectivity index (χ3v) is 4.14. The maximum atomic E-state index is 11.1. The van der Waals surface area contributed by atoms with Crippen LogP contribution in [0.4, 0.5) is 0 Å². The molecule has 26 heavy (non-hydrogen) atoms. The lowest BCUT2D eigenvalue weighted by Crippen LogP contribution is -2.13. The molecule has 1 aromatic heterocycles. The van der Waals surface area contributed by atoms with Gasteiger partial charge in [0.05, 0.1) is 23.3 Å². The fourth-order valence-electron chi connectivity index (χ4n) is 2.90. The third kappa shape index (κ3) is 3.48. The van der Waals surface area contributed by atoms with Crippen molar-refractivity contribution in [1.82, 2.24) is 4.57 Å². The van der Waals surface area contributed by atoms with E-state index in [0.29, 0.717) is 23.2 Å². The van der Waals surface area contributed by atoms with Crippen LogP contribution in [0, 0.1) is 22.7 Å². The van der Waals surface area contributed by atoms with Crippen molar-refractivity contribution in [3.05, 3.63) is 71.4 Å². The summed E-state index contributed by atoms with van der Waals surface area (Å²) >= 11 is 0. The van der Waals surface area contributed by atoms with Crippen molar-refractivity contribution >= 4 is 28.5 Å². The number of fused-ring (bicyclic) bond motifs is 1. The fraction of sp³-hybridized carbons (Fsp3) is 0.0952. The van der Waals surface area contributed by atoms with Gasteiger partial charge >= 0.3 is 0 Å². The molecule has 5 nitrogen and oxygen atoms in total. The van der Waals surface area contributed by atoms with E-state index in [9.17, 15) is 10.1 Å². The molecule has 0 saturated heterocycles. The fourth-order valence-corrected chi connectivity index (χ4v) is 2.90. The topological polar surface area (TPSA) is 95.6 Å². The van der Waals surface area contributed by atoms with Crippen molar-refractivity contribution in [2.75, 3.05) is 0 Å². The molecule has 126 valence electrons. The number of rotatable bonds is 5. The first-order valence-electron chi connectivity index (χ1n) is 8.11. The van der Waals surface area contributed by atoms with E-state index in [4.69, 9.17) is 11.0 Å². The summed E-state index contributed by atoms with van der Waals surface area (Å²) in [7, 11) is 0. The first-order valence-corrected chi connectivity index (χ1v) is 8.11. The molecule has 2 aromatic carbocycles. The number of amides is 1. The van der Waals surface area contributed by atoms with Gasteiger partial charge in [0.1, 0.15) is 0 Å². The minimum atomic E-state index is -0.356. The van der Waals surface area contributed by atoms with Crippen LogP contribution >= 0.6 is 0 Å². The predicted molar refractivity (Wildman–Crippen MR) is 100 cm³/mol. The molecule has 0 radical (unpaired) electrons. The van der Waals surface area contributed by atoms with Crippen molar-refractivity contribution in [2.45, 2.75) is 13.0 Å². The molecule has 2 N–H and O–H groups in total. The summed E-state index contributed by atoms with van der Waals surface area (Å²) in [6, 6.07) is 19.1. The van der Waals surface area contributed by atoms with Gasteiger partial charge in [0.15, 0.2) is 0 Å². The van der Waals surface area contributed by atoms with Crippen LogP contribution in [0.15, 0.2) is 54.7 Å². The Labute approximate surface area is 151 Å². The van der Waals surface area contributed by atoms with Crippen molar-refractivity contribution in [3.63, 3.8) is 0 Å². The van der Waals surface area contributed by atoms with Crippen molar-refractivity contribution in [1.29, 1.82) is 10.5 Å². The summed E-state index contributed by atoms with van der Waals surface area (Å²) in [6.45, 7) is 0.482. The zero-order valence-corrected chi connectivity index (χ0v) is 14.0. The van der Waals surface area contributed by atoms with Gasteiger partial charge < -0.3 is 10.3 Å². The number of hydrogen-bond acceptors (Lipinski definition) is 3. The molecule has 3 aromatic rings. The smallest absolute Gasteiger partial charge is 0.219 e. The molecular formula is C21H16N4O. The first kappa shape index (κ1) is 17.0. The predicted octanol–water partition coefficient (Wildman–Crippen LogP) is 3.45. The summed E-state index contributed by atoms with van der Waals surface area (Å²) < 4.78 is 1.96. The van der Waals surface area contributed by atoms with Gasteiger partial charge in [-0.3, -0.25) is 4.79 Å². The lowest BCUT2D eigenvalue weighted by atomic mass is 10.0. The molecule has 1 heterocycles. The third-order valence-electron chi connectivity index (χ3n) is 4.14. The quantitative estimate of drug-likeness (QED) is 0.720. The summed E-state index contributed by atoms with van der Waals surface area (Å²) in [5.41, 5.74) is 8.79. The van der Waals surface area contributed by atoms with Gasteiger partial charge in [-0.25, -0.2) is 0 Å². The number of nitrogens with two attached hydrogens (primary N) is 1. The van der Waals surface area contributed by atoms with Crippen LogP contribution in [0.2, 0.25) is 0 Å². The Balaban J connectivity index is 2.09. The molecule has 0 bridgehead atoms. The summed E-state index contributed by atoms with van der Waals surface area (Å²) in [6.07, 6.45) is 3.97. The highest BCUT2D eigenvalue weighted by molar-refractivity contribution is 5.98. The van der Waals surface area contributed by atoms with E-state index in [1.54, 1.807) is 24.3 Å². The highest BCUT2D eigenvalue weighted by Crippen LogP contribution is 2.26. The number of allylic oxidation sites excluding steroid dienone is 1. The van der Waals surface area contributed by atoms with Crippen molar-refractivity contribution < 1.29 is 4.79 Å². The minimum Gasteiger partial charge on any atom is -0.370 e. The molecule has 0 saturated carbocycles. The van der Waals surface area contributed by atoms with Gasteiger partial charge in [-0.1, -0.05) is 30.3 Å². The maximum Gasteiger partial charge on any atom is 0.219 e. The number of benzene rings is 2. The largest absolute Gasteiger partial charge is 0.370 e. The minimum absolute atomic E-state index is 0.247. The molecule has 0 spiro atoms. The SMILES string of the molecule is N#CC(=Cc1cn(CCC(N)=O)c2ccccc12)c1cccc(C#N)c1. The Hall–Kier alpha value is -3.83. The van der Waals surface area contributed by atoms with Crippen LogP contribution in [0.5, 0.6) is 0 Å². The van der Waals surface area contributed by atoms with Crippen LogP contribution in [-0.2, 0) is 11.3 Å². The number of nitriles is 2. The lowest BCUT2D eigenvalue weighted by molar-refractivity contribution is -0.118. The molecule has 1 amide bonds. The van der Waals surface area contributed by atoms with E-state index < -0.39 is 0 Å². The number of carbonyl (C=O) groups excluding carboxylic acids is 1. The summed E-state index contributed by atoms with van der Waals surface area (Å²) in [5, 5.41) is 19.6. The molecule has 0 fully saturated rings. The van der Waals surface area contributed by atoms with Gasteiger partial charge in [-0.2, -0.15) is 10.5 Å². The second-order valence-corrected chi connectivity index (χ2v) is 5.87. The van der Waals surface area contributed by atoms with Crippen LogP contribution in [0.25, 0.3) is 22.6 Å². The Kier molecular flexibility index (Phi) is 4.83. The van der Waals surface area contributed by atoms with Gasteiger partial charge in [-0.15, -0.1) is 0 Å². The Bertz CT molecular complexity index is 1090. The molecule has 0 unspecified atom stereocenters. The zero-order valence-electron chi connectivity index (χ0n) is 14.0. The van der Waals surface area contributed by atoms with Gasteiger partial charge in [0, 0.05) is 35.6 Å². The normalized spacial score (nSPS) is 11.1. The summed E-state index contributed by atoms with van der Waals surface area (Å²) in [5.74, 6) is -0.356. The Morgan fingerprint density at radius 2 is 1.96 bits per heavy atom. The molecule has 0 aliphatic rings. The standard InChI is InChI=1S/C21H16N4O/c22-12-15-4-3-5-16(10-15)17(13-23)11-18-14-25(9-8-21(24)26)20-7-2-1-6-19(18)20/h1-7,10-11,14H,8-9H2,(H2,24,26). The molecule has 0 atom stereocenters. The summed E-state index contributed by atoms with van der Waals surface area (Å²) in [4.78, 5) is 11.1. The average molecular weight is 340 g/mol. The van der Waals surface area contributed by atoms with E-state index in [1.807, 2.05) is 41.1 Å². The van der Waals surface area contributed by atoms with Crippen LogP contribution in [0.1, 0.15) is 23.1 Å². The van der Waals surface area contributed by atoms with Gasteiger partial charge in [-0.05, 0) is 29.8 Å². The van der Waals surface area contributed by atoms with E-state index in [0.717, 1.165) is 16.5 Å². The molecule has 3 rings (SSSR count). The Morgan fingerprint density at radius 1 is 1.15 bits per heavy atom. The van der Waals surface area contributed by atoms with E-state index in [-0.39, 0.29) is 12.3 Å². The Morgan fingerprint density at radius 3 is 2.69 bits per heavy atom. The first-order chi connectivity index (χ1) is 12.6. The van der Waals surface area contributed by atoms with Crippen LogP contribution < -0.4 is 5.73 Å². The number of primary amides is 1. The average Bonchev–Trinajstić information content (AvgIpc) is 3.02. The molecule has 5 heteroatoms. The maximum absolute atomic E-state index is 11.1. The monoisotopic (exact) mass is 340 g/mol. The van der Waals surface area contributed by atoms with Crippen LogP contribution in [0.3, 0.4) is 0 Å². The molecule has 0 aliphatic carbocycles. The second-order valence-electron chi connectivity index (χ2n) is 5.87. The van der Waals surface area contributed by atoms with Gasteiger partial charge in [0.2, 0.25) is 5.91 Å². The van der Waals surface area contributed by atoms with Crippen LogP contribution in [-0.4, -0.2) is 10.5 Å². The molecule has 0 aliphatic heterocycles. The number of nitrogens with zero attached hydrogens (tertiary/aromatic N) is 3. The number of para-hydroxylation sites is 1. The van der Waals surface area contributed by atoms with Crippen molar-refractivity contribution in [3.8, 4) is 12.1 Å². The molecular weight excluding hydrogens is 324 g/mol. The number of aryl methyl sites for hydroxylation is 1.